The summed E-state index contributed by atoms with van der Waals surface area (Å²) < 4.78 is 47.4. The molecule has 0 N–H and O–H groups in total. The molecule has 0 aliphatic carbocycles. The zero-order valence-corrected chi connectivity index (χ0v) is 15.2. The van der Waals surface area contributed by atoms with Gasteiger partial charge in [0.25, 0.3) is 5.89 Å². The van der Waals surface area contributed by atoms with Crippen molar-refractivity contribution < 1.29 is 26.8 Å². The number of hydrogen-bond acceptors (Lipinski definition) is 7. The molecule has 1 atom stereocenters. The number of esters is 1. The van der Waals surface area contributed by atoms with Gasteiger partial charge >= 0.3 is 5.97 Å². The first kappa shape index (κ1) is 18.7. The lowest BCUT2D eigenvalue weighted by atomic mass is 10.2. The van der Waals surface area contributed by atoms with Crippen LogP contribution < -0.4 is 0 Å². The molecule has 0 fully saturated rings. The normalized spacial score (nSPS) is 12.6. The van der Waals surface area contributed by atoms with Gasteiger partial charge in [-0.3, -0.25) is 0 Å². The Balaban J connectivity index is 1.79. The number of rotatable bonds is 5. The van der Waals surface area contributed by atoms with Crippen LogP contribution >= 0.6 is 0 Å². The van der Waals surface area contributed by atoms with E-state index in [-0.39, 0.29) is 22.2 Å². The molecule has 0 aliphatic rings. The van der Waals surface area contributed by atoms with Crippen LogP contribution in [0.4, 0.5) is 4.39 Å². The second kappa shape index (κ2) is 7.28. The Labute approximate surface area is 154 Å². The monoisotopic (exact) mass is 390 g/mol. The summed E-state index contributed by atoms with van der Waals surface area (Å²) in [6.45, 7) is 1.52. The van der Waals surface area contributed by atoms with Crippen molar-refractivity contribution in [3.05, 3.63) is 65.8 Å². The maximum atomic E-state index is 13.0. The summed E-state index contributed by atoms with van der Waals surface area (Å²) in [4.78, 5) is 12.3. The Bertz CT molecular complexity index is 1080. The third kappa shape index (κ3) is 4.20. The molecule has 0 spiro atoms. The number of nitrogens with zero attached hydrogens (tertiary/aromatic N) is 2. The van der Waals surface area contributed by atoms with E-state index in [1.165, 1.54) is 55.5 Å². The van der Waals surface area contributed by atoms with Gasteiger partial charge in [0.1, 0.15) is 5.82 Å². The number of halogens is 1. The van der Waals surface area contributed by atoms with Gasteiger partial charge in [-0.25, -0.2) is 17.6 Å². The predicted octanol–water partition coefficient (Wildman–Crippen LogP) is 3.20. The quantitative estimate of drug-likeness (QED) is 0.617. The van der Waals surface area contributed by atoms with Crippen molar-refractivity contribution in [3.8, 4) is 11.5 Å². The number of hydrogen-bond donors (Lipinski definition) is 0. The van der Waals surface area contributed by atoms with Gasteiger partial charge in [-0.05, 0) is 43.3 Å². The fraction of sp³-hybridized carbons (Fsp3) is 0.167. The maximum absolute atomic E-state index is 13.0. The standard InChI is InChI=1S/C18H15FN2O5S/c1-11(16-20-21-17(26-16)12-7-9-13(19)10-8-12)25-18(22)14-5-3-4-6-15(14)27(2,23)24/h3-11H,1-2H3/t11-/m1/s1. The van der Waals surface area contributed by atoms with Crippen LogP contribution in [0, 0.1) is 5.82 Å². The first-order chi connectivity index (χ1) is 12.8. The maximum Gasteiger partial charge on any atom is 0.340 e. The molecule has 0 aliphatic heterocycles. The Morgan fingerprint density at radius 2 is 1.78 bits per heavy atom. The predicted molar refractivity (Wildman–Crippen MR) is 93.1 cm³/mol. The number of sulfone groups is 1. The molecule has 0 unspecified atom stereocenters. The van der Waals surface area contributed by atoms with E-state index >= 15 is 0 Å². The van der Waals surface area contributed by atoms with Crippen LogP contribution in [0.2, 0.25) is 0 Å². The summed E-state index contributed by atoms with van der Waals surface area (Å²) >= 11 is 0. The molecule has 9 heteroatoms. The molecule has 3 rings (SSSR count). The average molecular weight is 390 g/mol. The first-order valence-corrected chi connectivity index (χ1v) is 9.74. The van der Waals surface area contributed by atoms with Gasteiger partial charge in [-0.1, -0.05) is 12.1 Å². The minimum absolute atomic E-state index is 0.0273. The first-order valence-electron chi connectivity index (χ1n) is 7.85. The molecule has 0 saturated carbocycles. The van der Waals surface area contributed by atoms with Crippen LogP contribution in [0.5, 0.6) is 0 Å². The molecular formula is C18H15FN2O5S. The smallest absolute Gasteiger partial charge is 0.340 e. The van der Waals surface area contributed by atoms with Crippen LogP contribution in [-0.4, -0.2) is 30.8 Å². The molecule has 1 aromatic heterocycles. The van der Waals surface area contributed by atoms with E-state index in [1.807, 2.05) is 0 Å². The van der Waals surface area contributed by atoms with E-state index in [2.05, 4.69) is 10.2 Å². The Morgan fingerprint density at radius 3 is 2.44 bits per heavy atom. The van der Waals surface area contributed by atoms with E-state index in [9.17, 15) is 17.6 Å². The molecule has 0 saturated heterocycles. The van der Waals surface area contributed by atoms with Crippen LogP contribution in [0.25, 0.3) is 11.5 Å². The molecule has 2 aromatic carbocycles. The van der Waals surface area contributed by atoms with Crippen LogP contribution in [0.3, 0.4) is 0 Å². The molecule has 27 heavy (non-hydrogen) atoms. The van der Waals surface area contributed by atoms with Gasteiger partial charge in [0.05, 0.1) is 10.5 Å². The largest absolute Gasteiger partial charge is 0.449 e. The van der Waals surface area contributed by atoms with Crippen molar-refractivity contribution in [2.24, 2.45) is 0 Å². The number of aromatic nitrogens is 2. The van der Waals surface area contributed by atoms with Crippen LogP contribution in [-0.2, 0) is 14.6 Å². The Kier molecular flexibility index (Phi) is 5.04. The minimum atomic E-state index is -3.60. The lowest BCUT2D eigenvalue weighted by Gasteiger charge is -2.11. The highest BCUT2D eigenvalue weighted by Gasteiger charge is 2.24. The van der Waals surface area contributed by atoms with E-state index < -0.39 is 27.7 Å². The number of carbonyl (C=O) groups excluding carboxylic acids is 1. The van der Waals surface area contributed by atoms with E-state index in [0.717, 1.165) is 6.26 Å². The van der Waals surface area contributed by atoms with Gasteiger partial charge in [0.2, 0.25) is 5.89 Å². The number of carbonyl (C=O) groups is 1. The van der Waals surface area contributed by atoms with Crippen molar-refractivity contribution in [1.82, 2.24) is 10.2 Å². The summed E-state index contributed by atoms with van der Waals surface area (Å²) in [5, 5.41) is 7.67. The summed E-state index contributed by atoms with van der Waals surface area (Å²) in [5.74, 6) is -1.06. The molecule has 7 nitrogen and oxygen atoms in total. The van der Waals surface area contributed by atoms with Gasteiger partial charge < -0.3 is 9.15 Å². The summed E-state index contributed by atoms with van der Waals surface area (Å²) in [7, 11) is -3.60. The van der Waals surface area contributed by atoms with Crippen LogP contribution in [0.1, 0.15) is 29.3 Å². The molecule has 0 bridgehead atoms. The van der Waals surface area contributed by atoms with Crippen molar-refractivity contribution in [2.45, 2.75) is 17.9 Å². The molecule has 0 radical (unpaired) electrons. The Morgan fingerprint density at radius 1 is 1.11 bits per heavy atom. The lowest BCUT2D eigenvalue weighted by molar-refractivity contribution is 0.0275. The second-order valence-electron chi connectivity index (χ2n) is 5.77. The van der Waals surface area contributed by atoms with Gasteiger partial charge in [-0.15, -0.1) is 10.2 Å². The van der Waals surface area contributed by atoms with E-state index in [4.69, 9.17) is 9.15 Å². The fourth-order valence-corrected chi connectivity index (χ4v) is 3.22. The molecule has 0 amide bonds. The SMILES string of the molecule is C[C@@H](OC(=O)c1ccccc1S(C)(=O)=O)c1nnc(-c2ccc(F)cc2)o1. The molecular weight excluding hydrogens is 375 g/mol. The third-order valence-corrected chi connectivity index (χ3v) is 4.82. The highest BCUT2D eigenvalue weighted by Crippen LogP contribution is 2.24. The number of ether oxygens (including phenoxy) is 1. The third-order valence-electron chi connectivity index (χ3n) is 3.67. The van der Waals surface area contributed by atoms with Gasteiger partial charge in [-0.2, -0.15) is 0 Å². The van der Waals surface area contributed by atoms with Gasteiger partial charge in [0.15, 0.2) is 15.9 Å². The minimum Gasteiger partial charge on any atom is -0.449 e. The summed E-state index contributed by atoms with van der Waals surface area (Å²) in [6.07, 6.45) is 0.0991. The molecule has 1 heterocycles. The Hall–Kier alpha value is -3.07. The zero-order chi connectivity index (χ0) is 19.6. The van der Waals surface area contributed by atoms with Crippen molar-refractivity contribution in [3.63, 3.8) is 0 Å². The topological polar surface area (TPSA) is 99.4 Å². The van der Waals surface area contributed by atoms with Crippen LogP contribution in [0.15, 0.2) is 57.8 Å². The number of benzene rings is 2. The second-order valence-corrected chi connectivity index (χ2v) is 7.75. The fourth-order valence-electron chi connectivity index (χ4n) is 2.34. The summed E-state index contributed by atoms with van der Waals surface area (Å²) in [5.41, 5.74) is 0.432. The molecule has 3 aromatic rings. The zero-order valence-electron chi connectivity index (χ0n) is 14.4. The summed E-state index contributed by atoms with van der Waals surface area (Å²) in [6, 6.07) is 11.2. The molecule has 140 valence electrons. The van der Waals surface area contributed by atoms with Crippen molar-refractivity contribution in [1.29, 1.82) is 0 Å². The van der Waals surface area contributed by atoms with Crippen molar-refractivity contribution in [2.75, 3.05) is 6.26 Å². The lowest BCUT2D eigenvalue weighted by Crippen LogP contribution is -2.13. The highest BCUT2D eigenvalue weighted by atomic mass is 32.2. The highest BCUT2D eigenvalue weighted by molar-refractivity contribution is 7.90. The van der Waals surface area contributed by atoms with E-state index in [0.29, 0.717) is 5.56 Å². The van der Waals surface area contributed by atoms with Gasteiger partial charge in [0, 0.05) is 11.8 Å². The van der Waals surface area contributed by atoms with Crippen molar-refractivity contribution >= 4 is 15.8 Å². The van der Waals surface area contributed by atoms with E-state index in [1.54, 1.807) is 0 Å². The average Bonchev–Trinajstić information content (AvgIpc) is 3.12.